The van der Waals surface area contributed by atoms with Gasteiger partial charge < -0.3 is 19.9 Å². The largest absolute Gasteiger partial charge is 0.481 e. The summed E-state index contributed by atoms with van der Waals surface area (Å²) >= 11 is 0. The van der Waals surface area contributed by atoms with Crippen LogP contribution in [0.5, 0.6) is 5.75 Å². The first-order chi connectivity index (χ1) is 12.5. The van der Waals surface area contributed by atoms with Gasteiger partial charge in [0.1, 0.15) is 5.75 Å². The molecule has 0 aliphatic carbocycles. The molecule has 2 aromatic carbocycles. The minimum absolute atomic E-state index is 0.152. The van der Waals surface area contributed by atoms with Crippen LogP contribution in [0.15, 0.2) is 48.5 Å². The minimum Gasteiger partial charge on any atom is -0.481 e. The molecule has 0 saturated carbocycles. The molecular weight excluding hydrogens is 326 g/mol. The van der Waals surface area contributed by atoms with E-state index in [0.29, 0.717) is 0 Å². The van der Waals surface area contributed by atoms with Gasteiger partial charge in [-0.2, -0.15) is 0 Å². The summed E-state index contributed by atoms with van der Waals surface area (Å²) in [5, 5.41) is 2.93. The molecule has 1 unspecified atom stereocenters. The summed E-state index contributed by atoms with van der Waals surface area (Å²) in [5.41, 5.74) is 3.00. The summed E-state index contributed by atoms with van der Waals surface area (Å²) in [6.07, 6.45) is -0.562. The highest BCUT2D eigenvalue weighted by atomic mass is 16.5. The molecule has 0 radical (unpaired) electrons. The number of hydrogen-bond donors (Lipinski definition) is 1. The fourth-order valence-corrected chi connectivity index (χ4v) is 3.00. The first-order valence-electron chi connectivity index (χ1n) is 9.09. The van der Waals surface area contributed by atoms with E-state index in [2.05, 4.69) is 34.3 Å². The zero-order valence-electron chi connectivity index (χ0n) is 15.7. The molecule has 26 heavy (non-hydrogen) atoms. The van der Waals surface area contributed by atoms with Crippen molar-refractivity contribution in [2.75, 3.05) is 43.4 Å². The molecule has 1 fully saturated rings. The van der Waals surface area contributed by atoms with Gasteiger partial charge in [0.25, 0.3) is 5.91 Å². The third-order valence-corrected chi connectivity index (χ3v) is 4.77. The Balaban J connectivity index is 1.56. The second-order valence-corrected chi connectivity index (χ2v) is 6.85. The number of piperazine rings is 1. The van der Waals surface area contributed by atoms with Crippen LogP contribution in [0.4, 0.5) is 11.4 Å². The number of ether oxygens (including phenoxy) is 1. The van der Waals surface area contributed by atoms with Gasteiger partial charge in [-0.25, -0.2) is 0 Å². The van der Waals surface area contributed by atoms with Crippen molar-refractivity contribution in [3.8, 4) is 5.75 Å². The predicted octanol–water partition coefficient (Wildman–Crippen LogP) is 3.15. The molecular formula is C21H27N3O2. The quantitative estimate of drug-likeness (QED) is 0.897. The van der Waals surface area contributed by atoms with Gasteiger partial charge in [-0.05, 0) is 56.8 Å². The van der Waals surface area contributed by atoms with Crippen molar-refractivity contribution in [2.24, 2.45) is 0 Å². The predicted molar refractivity (Wildman–Crippen MR) is 106 cm³/mol. The average molecular weight is 353 g/mol. The highest BCUT2D eigenvalue weighted by Crippen LogP contribution is 2.21. The molecule has 0 spiro atoms. The number of amides is 1. The van der Waals surface area contributed by atoms with Crippen LogP contribution in [0, 0.1) is 6.92 Å². The van der Waals surface area contributed by atoms with Crippen LogP contribution in [0.2, 0.25) is 0 Å². The van der Waals surface area contributed by atoms with E-state index in [1.807, 2.05) is 43.3 Å². The van der Waals surface area contributed by atoms with Gasteiger partial charge in [0.2, 0.25) is 0 Å². The first kappa shape index (κ1) is 18.3. The second-order valence-electron chi connectivity index (χ2n) is 6.85. The van der Waals surface area contributed by atoms with Crippen LogP contribution < -0.4 is 15.0 Å². The van der Waals surface area contributed by atoms with Gasteiger partial charge in [0.15, 0.2) is 6.10 Å². The fraction of sp³-hybridized carbons (Fsp3) is 0.381. The zero-order chi connectivity index (χ0) is 18.5. The molecule has 1 aliphatic heterocycles. The van der Waals surface area contributed by atoms with Crippen molar-refractivity contribution in [3.05, 3.63) is 54.1 Å². The van der Waals surface area contributed by atoms with Gasteiger partial charge in [-0.1, -0.05) is 18.2 Å². The van der Waals surface area contributed by atoms with E-state index in [4.69, 9.17) is 4.74 Å². The summed E-state index contributed by atoms with van der Waals surface area (Å²) in [5.74, 6) is 0.584. The Morgan fingerprint density at radius 2 is 1.69 bits per heavy atom. The van der Waals surface area contributed by atoms with Gasteiger partial charge >= 0.3 is 0 Å². The standard InChI is InChI=1S/C21H27N3O2/c1-16-6-4-5-7-20(16)26-17(2)21(25)22-18-8-10-19(11-9-18)24-14-12-23(3)13-15-24/h4-11,17H,12-15H2,1-3H3,(H,22,25). The Morgan fingerprint density at radius 1 is 1.04 bits per heavy atom. The summed E-state index contributed by atoms with van der Waals surface area (Å²) in [7, 11) is 2.15. The minimum atomic E-state index is -0.562. The van der Waals surface area contributed by atoms with Crippen LogP contribution in [0.25, 0.3) is 0 Å². The number of para-hydroxylation sites is 1. The number of benzene rings is 2. The number of aryl methyl sites for hydroxylation is 1. The molecule has 0 bridgehead atoms. The number of anilines is 2. The molecule has 5 heteroatoms. The molecule has 1 amide bonds. The Kier molecular flexibility index (Phi) is 5.78. The maximum absolute atomic E-state index is 12.4. The smallest absolute Gasteiger partial charge is 0.265 e. The van der Waals surface area contributed by atoms with Gasteiger partial charge in [-0.3, -0.25) is 4.79 Å². The summed E-state index contributed by atoms with van der Waals surface area (Å²) in [6, 6.07) is 15.7. The fourth-order valence-electron chi connectivity index (χ4n) is 3.00. The van der Waals surface area contributed by atoms with Gasteiger partial charge in [0, 0.05) is 37.6 Å². The van der Waals surface area contributed by atoms with Crippen LogP contribution in [-0.2, 0) is 4.79 Å². The molecule has 2 aromatic rings. The average Bonchev–Trinajstić information content (AvgIpc) is 2.65. The topological polar surface area (TPSA) is 44.8 Å². The maximum atomic E-state index is 12.4. The van der Waals surface area contributed by atoms with Crippen molar-refractivity contribution < 1.29 is 9.53 Å². The van der Waals surface area contributed by atoms with E-state index in [1.54, 1.807) is 6.92 Å². The van der Waals surface area contributed by atoms with Gasteiger partial charge in [-0.15, -0.1) is 0 Å². The summed E-state index contributed by atoms with van der Waals surface area (Å²) in [6.45, 7) is 7.95. The third kappa shape index (κ3) is 4.55. The highest BCUT2D eigenvalue weighted by molar-refractivity contribution is 5.94. The maximum Gasteiger partial charge on any atom is 0.265 e. The third-order valence-electron chi connectivity index (χ3n) is 4.77. The Morgan fingerprint density at radius 3 is 2.35 bits per heavy atom. The van der Waals surface area contributed by atoms with Crippen molar-refractivity contribution >= 4 is 17.3 Å². The lowest BCUT2D eigenvalue weighted by Crippen LogP contribution is -2.44. The number of carbonyl (C=O) groups excluding carboxylic acids is 1. The van der Waals surface area contributed by atoms with Crippen LogP contribution in [0.3, 0.4) is 0 Å². The molecule has 1 N–H and O–H groups in total. The lowest BCUT2D eigenvalue weighted by Gasteiger charge is -2.34. The molecule has 1 aliphatic rings. The van der Waals surface area contributed by atoms with E-state index in [1.165, 1.54) is 5.69 Å². The van der Waals surface area contributed by atoms with Gasteiger partial charge in [0.05, 0.1) is 0 Å². The zero-order valence-corrected chi connectivity index (χ0v) is 15.7. The highest BCUT2D eigenvalue weighted by Gasteiger charge is 2.17. The number of nitrogens with zero attached hydrogens (tertiary/aromatic N) is 2. The van der Waals surface area contributed by atoms with E-state index in [-0.39, 0.29) is 5.91 Å². The first-order valence-corrected chi connectivity index (χ1v) is 9.09. The number of rotatable bonds is 5. The Bertz CT molecular complexity index is 737. The van der Waals surface area contributed by atoms with Crippen molar-refractivity contribution in [1.82, 2.24) is 4.90 Å². The molecule has 0 aromatic heterocycles. The van der Waals surface area contributed by atoms with Crippen molar-refractivity contribution in [2.45, 2.75) is 20.0 Å². The molecule has 5 nitrogen and oxygen atoms in total. The molecule has 1 heterocycles. The number of nitrogens with one attached hydrogen (secondary N) is 1. The molecule has 138 valence electrons. The molecule has 1 atom stereocenters. The number of likely N-dealkylation sites (N-methyl/N-ethyl adjacent to an activating group) is 1. The lowest BCUT2D eigenvalue weighted by atomic mass is 10.2. The van der Waals surface area contributed by atoms with E-state index < -0.39 is 6.10 Å². The van der Waals surface area contributed by atoms with E-state index in [0.717, 1.165) is 43.2 Å². The second kappa shape index (κ2) is 8.23. The monoisotopic (exact) mass is 353 g/mol. The normalized spacial score (nSPS) is 16.2. The lowest BCUT2D eigenvalue weighted by molar-refractivity contribution is -0.122. The number of hydrogen-bond acceptors (Lipinski definition) is 4. The summed E-state index contributed by atoms with van der Waals surface area (Å²) in [4.78, 5) is 17.1. The SMILES string of the molecule is Cc1ccccc1OC(C)C(=O)Nc1ccc(N2CCN(C)CC2)cc1. The van der Waals surface area contributed by atoms with Crippen molar-refractivity contribution in [3.63, 3.8) is 0 Å². The summed E-state index contributed by atoms with van der Waals surface area (Å²) < 4.78 is 5.78. The van der Waals surface area contributed by atoms with Crippen LogP contribution >= 0.6 is 0 Å². The van der Waals surface area contributed by atoms with Crippen molar-refractivity contribution in [1.29, 1.82) is 0 Å². The van der Waals surface area contributed by atoms with Crippen LogP contribution in [-0.4, -0.2) is 50.1 Å². The Labute approximate surface area is 155 Å². The molecule has 3 rings (SSSR count). The molecule has 1 saturated heterocycles. The van der Waals surface area contributed by atoms with E-state index >= 15 is 0 Å². The Hall–Kier alpha value is -2.53. The van der Waals surface area contributed by atoms with E-state index in [9.17, 15) is 4.79 Å². The number of carbonyl (C=O) groups is 1. The van der Waals surface area contributed by atoms with Crippen LogP contribution in [0.1, 0.15) is 12.5 Å².